The van der Waals surface area contributed by atoms with Crippen LogP contribution in [0, 0.1) is 0 Å². The van der Waals surface area contributed by atoms with Gasteiger partial charge in [-0.2, -0.15) is 0 Å². The van der Waals surface area contributed by atoms with Crippen LogP contribution in [0.15, 0.2) is 24.3 Å². The summed E-state index contributed by atoms with van der Waals surface area (Å²) in [6.07, 6.45) is 0.824. The minimum absolute atomic E-state index is 0.225. The summed E-state index contributed by atoms with van der Waals surface area (Å²) >= 11 is 6.78. The molecule has 0 fully saturated rings. The van der Waals surface area contributed by atoms with E-state index in [1.807, 2.05) is 18.2 Å². The topological polar surface area (TPSA) is 26.3 Å². The predicted octanol–water partition coefficient (Wildman–Crippen LogP) is 3.13. The zero-order valence-corrected chi connectivity index (χ0v) is 10.8. The molecular formula is C10H10Br2O2. The molecule has 0 N–H and O–H groups in total. The molecule has 0 atom stereocenters. The van der Waals surface area contributed by atoms with Crippen molar-refractivity contribution in [3.05, 3.63) is 35.4 Å². The van der Waals surface area contributed by atoms with E-state index in [4.69, 9.17) is 0 Å². The number of hydrogen-bond donors (Lipinski definition) is 0. The van der Waals surface area contributed by atoms with Gasteiger partial charge >= 0.3 is 5.97 Å². The normalized spacial score (nSPS) is 10.3. The number of halogens is 2. The zero-order chi connectivity index (χ0) is 10.6. The van der Waals surface area contributed by atoms with Crippen LogP contribution in [0.5, 0.6) is 0 Å². The molecule has 0 bridgehead atoms. The molecule has 0 radical (unpaired) electrons. The van der Waals surface area contributed by atoms with Crippen LogP contribution in [-0.4, -0.2) is 16.8 Å². The molecule has 0 spiro atoms. The number of hydrogen-bond acceptors (Lipinski definition) is 2. The minimum Gasteiger partial charge on any atom is -0.465 e. The van der Waals surface area contributed by atoms with Crippen LogP contribution in [0.25, 0.3) is 0 Å². The average Bonchev–Trinajstić information content (AvgIpc) is 2.16. The van der Waals surface area contributed by atoms with E-state index in [1.165, 1.54) is 7.11 Å². The molecule has 0 saturated heterocycles. The van der Waals surface area contributed by atoms with Gasteiger partial charge in [0, 0.05) is 0 Å². The first-order chi connectivity index (χ1) is 6.63. The Hall–Kier alpha value is -0.350. The Morgan fingerprint density at radius 2 is 2.21 bits per heavy atom. The molecule has 0 aliphatic heterocycles. The number of carbonyl (C=O) groups excluding carboxylic acids is 1. The first-order valence-electron chi connectivity index (χ1n) is 4.09. The Balaban J connectivity index is 2.84. The van der Waals surface area contributed by atoms with Crippen molar-refractivity contribution in [3.63, 3.8) is 0 Å². The summed E-state index contributed by atoms with van der Waals surface area (Å²) in [6, 6.07) is 7.40. The van der Waals surface area contributed by atoms with Crippen molar-refractivity contribution in [2.24, 2.45) is 0 Å². The molecule has 0 aliphatic carbocycles. The number of alkyl halides is 2. The maximum absolute atomic E-state index is 11.2. The van der Waals surface area contributed by atoms with Gasteiger partial charge in [0.1, 0.15) is 0 Å². The SMILES string of the molecule is COC(=O)c1cccc(CC(Br)Br)c1. The van der Waals surface area contributed by atoms with Crippen molar-refractivity contribution in [1.29, 1.82) is 0 Å². The number of benzene rings is 1. The molecule has 0 aromatic heterocycles. The molecule has 0 saturated carbocycles. The largest absolute Gasteiger partial charge is 0.465 e. The van der Waals surface area contributed by atoms with E-state index < -0.39 is 0 Å². The second-order valence-corrected chi connectivity index (χ2v) is 6.23. The molecule has 0 aliphatic rings. The summed E-state index contributed by atoms with van der Waals surface area (Å²) in [5.41, 5.74) is 1.68. The molecule has 1 rings (SSSR count). The quantitative estimate of drug-likeness (QED) is 0.631. The average molecular weight is 322 g/mol. The molecule has 4 heteroatoms. The lowest BCUT2D eigenvalue weighted by Gasteiger charge is -2.04. The summed E-state index contributed by atoms with van der Waals surface area (Å²) < 4.78 is 4.86. The van der Waals surface area contributed by atoms with Crippen LogP contribution < -0.4 is 0 Å². The van der Waals surface area contributed by atoms with Gasteiger partial charge in [-0.15, -0.1) is 0 Å². The van der Waals surface area contributed by atoms with Crippen LogP contribution >= 0.6 is 31.9 Å². The van der Waals surface area contributed by atoms with Gasteiger partial charge < -0.3 is 4.74 Å². The van der Waals surface area contributed by atoms with E-state index in [2.05, 4.69) is 36.6 Å². The van der Waals surface area contributed by atoms with Gasteiger partial charge in [0.25, 0.3) is 0 Å². The van der Waals surface area contributed by atoms with Crippen molar-refractivity contribution < 1.29 is 9.53 Å². The lowest BCUT2D eigenvalue weighted by molar-refractivity contribution is 0.0600. The number of ether oxygens (including phenoxy) is 1. The van der Waals surface area contributed by atoms with E-state index in [1.54, 1.807) is 6.07 Å². The molecular weight excluding hydrogens is 312 g/mol. The molecule has 76 valence electrons. The fourth-order valence-electron chi connectivity index (χ4n) is 1.12. The van der Waals surface area contributed by atoms with Crippen LogP contribution in [-0.2, 0) is 11.2 Å². The van der Waals surface area contributed by atoms with Gasteiger partial charge in [0.2, 0.25) is 0 Å². The number of carbonyl (C=O) groups is 1. The van der Waals surface area contributed by atoms with Crippen molar-refractivity contribution in [2.75, 3.05) is 7.11 Å². The highest BCUT2D eigenvalue weighted by molar-refractivity contribution is 9.24. The Morgan fingerprint density at radius 1 is 1.50 bits per heavy atom. The maximum atomic E-state index is 11.2. The highest BCUT2D eigenvalue weighted by Crippen LogP contribution is 2.16. The first kappa shape index (κ1) is 11.7. The Kier molecular flexibility index (Phi) is 4.62. The van der Waals surface area contributed by atoms with Gasteiger partial charge in [0.15, 0.2) is 0 Å². The molecule has 1 aromatic carbocycles. The summed E-state index contributed by atoms with van der Waals surface area (Å²) in [6.45, 7) is 0. The van der Waals surface area contributed by atoms with Crippen molar-refractivity contribution in [1.82, 2.24) is 0 Å². The smallest absolute Gasteiger partial charge is 0.337 e. The highest BCUT2D eigenvalue weighted by atomic mass is 79.9. The van der Waals surface area contributed by atoms with Crippen molar-refractivity contribution in [2.45, 2.75) is 10.2 Å². The first-order valence-corrected chi connectivity index (χ1v) is 5.92. The van der Waals surface area contributed by atoms with E-state index in [0.29, 0.717) is 5.56 Å². The monoisotopic (exact) mass is 320 g/mol. The van der Waals surface area contributed by atoms with E-state index in [9.17, 15) is 4.79 Å². The van der Waals surface area contributed by atoms with E-state index in [-0.39, 0.29) is 9.71 Å². The van der Waals surface area contributed by atoms with Gasteiger partial charge in [-0.1, -0.05) is 44.0 Å². The number of esters is 1. The molecule has 2 nitrogen and oxygen atoms in total. The predicted molar refractivity (Wildman–Crippen MR) is 63.1 cm³/mol. The molecule has 0 heterocycles. The fraction of sp³-hybridized carbons (Fsp3) is 0.300. The second-order valence-electron chi connectivity index (χ2n) is 2.79. The lowest BCUT2D eigenvalue weighted by Crippen LogP contribution is -2.02. The Labute approximate surface area is 99.9 Å². The maximum Gasteiger partial charge on any atom is 0.337 e. The molecule has 1 aromatic rings. The van der Waals surface area contributed by atoms with Crippen LogP contribution in [0.3, 0.4) is 0 Å². The number of rotatable bonds is 3. The van der Waals surface area contributed by atoms with Crippen LogP contribution in [0.4, 0.5) is 0 Å². The van der Waals surface area contributed by atoms with Crippen molar-refractivity contribution in [3.8, 4) is 0 Å². The Morgan fingerprint density at radius 3 is 2.79 bits per heavy atom. The Bertz CT molecular complexity index is 324. The molecule has 14 heavy (non-hydrogen) atoms. The minimum atomic E-state index is -0.299. The van der Waals surface area contributed by atoms with E-state index >= 15 is 0 Å². The lowest BCUT2D eigenvalue weighted by atomic mass is 10.1. The van der Waals surface area contributed by atoms with Gasteiger partial charge in [-0.05, 0) is 24.1 Å². The summed E-state index contributed by atoms with van der Waals surface area (Å²) in [7, 11) is 1.38. The zero-order valence-electron chi connectivity index (χ0n) is 7.67. The van der Waals surface area contributed by atoms with Gasteiger partial charge in [0.05, 0.1) is 16.4 Å². The van der Waals surface area contributed by atoms with Crippen LogP contribution in [0.2, 0.25) is 0 Å². The van der Waals surface area contributed by atoms with Gasteiger partial charge in [-0.25, -0.2) is 4.79 Å². The van der Waals surface area contributed by atoms with E-state index in [0.717, 1.165) is 12.0 Å². The van der Waals surface area contributed by atoms with Crippen LogP contribution in [0.1, 0.15) is 15.9 Å². The van der Waals surface area contributed by atoms with Crippen molar-refractivity contribution >= 4 is 37.8 Å². The molecule has 0 unspecified atom stereocenters. The standard InChI is InChI=1S/C10H10Br2O2/c1-14-10(13)8-4-2-3-7(5-8)6-9(11)12/h2-5,9H,6H2,1H3. The highest BCUT2D eigenvalue weighted by Gasteiger charge is 2.06. The van der Waals surface area contributed by atoms with Gasteiger partial charge in [-0.3, -0.25) is 0 Å². The number of methoxy groups -OCH3 is 1. The fourth-order valence-corrected chi connectivity index (χ4v) is 1.87. The second kappa shape index (κ2) is 5.51. The summed E-state index contributed by atoms with van der Waals surface area (Å²) in [4.78, 5) is 11.2. The third kappa shape index (κ3) is 3.42. The molecule has 0 amide bonds. The third-order valence-corrected chi connectivity index (χ3v) is 2.39. The third-order valence-electron chi connectivity index (χ3n) is 1.74. The summed E-state index contributed by atoms with van der Waals surface area (Å²) in [5, 5.41) is 0. The summed E-state index contributed by atoms with van der Waals surface area (Å²) in [5.74, 6) is -0.299.